The number of aliphatic carboxylic acids is 1. The number of carbonyl (C=O) groups is 2. The van der Waals surface area contributed by atoms with Crippen molar-refractivity contribution in [3.8, 4) is 0 Å². The van der Waals surface area contributed by atoms with E-state index in [9.17, 15) is 19.7 Å². The highest BCUT2D eigenvalue weighted by atomic mass is 16.6. The van der Waals surface area contributed by atoms with Crippen molar-refractivity contribution in [3.63, 3.8) is 0 Å². The van der Waals surface area contributed by atoms with Gasteiger partial charge >= 0.3 is 11.8 Å². The van der Waals surface area contributed by atoms with Crippen LogP contribution >= 0.6 is 0 Å². The number of nitro groups is 1. The lowest BCUT2D eigenvalue weighted by molar-refractivity contribution is -0.389. The maximum absolute atomic E-state index is 11.7. The van der Waals surface area contributed by atoms with Gasteiger partial charge in [-0.15, -0.1) is 0 Å². The van der Waals surface area contributed by atoms with Gasteiger partial charge in [0.25, 0.3) is 0 Å². The zero-order valence-corrected chi connectivity index (χ0v) is 10.4. The summed E-state index contributed by atoms with van der Waals surface area (Å²) in [5, 5.41) is 19.0. The van der Waals surface area contributed by atoms with Gasteiger partial charge in [0.1, 0.15) is 12.7 Å². The Labute approximate surface area is 108 Å². The molecule has 0 saturated heterocycles. The minimum atomic E-state index is -1.08. The highest BCUT2D eigenvalue weighted by molar-refractivity contribution is 5.81. The van der Waals surface area contributed by atoms with Gasteiger partial charge < -0.3 is 24.7 Å². The fourth-order valence-electron chi connectivity index (χ4n) is 1.49. The van der Waals surface area contributed by atoms with Gasteiger partial charge in [-0.2, -0.15) is 0 Å². The van der Waals surface area contributed by atoms with E-state index in [0.29, 0.717) is 6.54 Å². The van der Waals surface area contributed by atoms with Crippen LogP contribution < -0.4 is 0 Å². The molecular weight excluding hydrogens is 256 g/mol. The topological polar surface area (TPSA) is 119 Å². The van der Waals surface area contributed by atoms with Crippen LogP contribution in [0, 0.1) is 10.1 Å². The lowest BCUT2D eigenvalue weighted by Crippen LogP contribution is -2.35. The highest BCUT2D eigenvalue weighted by Crippen LogP contribution is 2.06. The van der Waals surface area contributed by atoms with E-state index in [-0.39, 0.29) is 31.2 Å². The predicted octanol–water partition coefficient (Wildman–Crippen LogP) is 0.115. The summed E-state index contributed by atoms with van der Waals surface area (Å²) in [6, 6.07) is 0. The Morgan fingerprint density at radius 2 is 2.26 bits per heavy atom. The summed E-state index contributed by atoms with van der Waals surface area (Å²) in [5.41, 5.74) is 0. The molecule has 1 aromatic rings. The van der Waals surface area contributed by atoms with E-state index < -0.39 is 10.9 Å². The number of imidazole rings is 1. The van der Waals surface area contributed by atoms with Gasteiger partial charge in [0.05, 0.1) is 0 Å². The highest BCUT2D eigenvalue weighted by Gasteiger charge is 2.16. The van der Waals surface area contributed by atoms with Gasteiger partial charge in [-0.05, 0) is 16.8 Å². The van der Waals surface area contributed by atoms with Crippen molar-refractivity contribution in [2.75, 3.05) is 13.1 Å². The average Bonchev–Trinajstić information content (AvgIpc) is 2.81. The van der Waals surface area contributed by atoms with Crippen LogP contribution in [0.4, 0.5) is 5.82 Å². The molecule has 0 aliphatic carbocycles. The molecule has 9 nitrogen and oxygen atoms in total. The van der Waals surface area contributed by atoms with Crippen molar-refractivity contribution >= 4 is 17.7 Å². The summed E-state index contributed by atoms with van der Waals surface area (Å²) in [7, 11) is 0. The molecule has 1 aromatic heterocycles. The van der Waals surface area contributed by atoms with E-state index in [2.05, 4.69) is 4.98 Å². The van der Waals surface area contributed by atoms with Crippen LogP contribution in [0.1, 0.15) is 13.3 Å². The number of nitrogens with zero attached hydrogens (tertiary/aromatic N) is 4. The molecule has 104 valence electrons. The van der Waals surface area contributed by atoms with E-state index in [1.165, 1.54) is 22.0 Å². The van der Waals surface area contributed by atoms with Crippen LogP contribution in [0.5, 0.6) is 0 Å². The molecule has 0 aliphatic rings. The lowest BCUT2D eigenvalue weighted by atomic mass is 10.3. The molecular formula is C10H14N4O5. The molecule has 0 fully saturated rings. The van der Waals surface area contributed by atoms with Gasteiger partial charge in [0, 0.05) is 19.5 Å². The fraction of sp³-hybridized carbons (Fsp3) is 0.500. The van der Waals surface area contributed by atoms with Crippen LogP contribution in [0.25, 0.3) is 0 Å². The fourth-order valence-corrected chi connectivity index (χ4v) is 1.49. The number of aryl methyl sites for hydroxylation is 1. The number of hydrogen-bond donors (Lipinski definition) is 1. The third kappa shape index (κ3) is 4.37. The number of likely N-dealkylation sites (N-methyl/N-ethyl adjacent to an activating group) is 1. The van der Waals surface area contributed by atoms with E-state index in [1.54, 1.807) is 6.92 Å². The zero-order valence-electron chi connectivity index (χ0n) is 10.4. The second-order valence-corrected chi connectivity index (χ2v) is 3.78. The van der Waals surface area contributed by atoms with Gasteiger partial charge in [0.15, 0.2) is 0 Å². The monoisotopic (exact) mass is 270 g/mol. The Balaban J connectivity index is 2.52. The molecule has 1 rings (SSSR count). The first-order valence-corrected chi connectivity index (χ1v) is 5.59. The number of hydrogen-bond acceptors (Lipinski definition) is 5. The summed E-state index contributed by atoms with van der Waals surface area (Å²) < 4.78 is 1.42. The largest absolute Gasteiger partial charge is 0.480 e. The Hall–Kier alpha value is -2.45. The maximum atomic E-state index is 11.7. The number of carboxylic acid groups (broad SMARTS) is 1. The molecule has 0 unspecified atom stereocenters. The van der Waals surface area contributed by atoms with Crippen molar-refractivity contribution in [2.45, 2.75) is 19.9 Å². The first-order chi connectivity index (χ1) is 8.93. The van der Waals surface area contributed by atoms with Crippen molar-refractivity contribution < 1.29 is 19.6 Å². The molecule has 0 bridgehead atoms. The Morgan fingerprint density at radius 1 is 1.58 bits per heavy atom. The lowest BCUT2D eigenvalue weighted by Gasteiger charge is -2.18. The van der Waals surface area contributed by atoms with Crippen molar-refractivity contribution in [2.24, 2.45) is 0 Å². The number of amides is 1. The Kier molecular flexibility index (Phi) is 4.98. The number of rotatable bonds is 7. The van der Waals surface area contributed by atoms with Gasteiger partial charge in [-0.3, -0.25) is 9.59 Å². The molecule has 0 radical (unpaired) electrons. The van der Waals surface area contributed by atoms with Gasteiger partial charge in [-0.25, -0.2) is 0 Å². The van der Waals surface area contributed by atoms with E-state index >= 15 is 0 Å². The Bertz CT molecular complexity index is 484. The SMILES string of the molecule is CCN(CC(=O)O)C(=O)CCn1cnc([N+](=O)[O-])c1. The van der Waals surface area contributed by atoms with Crippen molar-refractivity contribution in [1.82, 2.24) is 14.5 Å². The standard InChI is InChI=1S/C10H14N4O5/c1-2-13(6-10(16)17)9(15)3-4-12-5-8(11-7-12)14(18)19/h5,7H,2-4,6H2,1H3,(H,16,17). The second kappa shape index (κ2) is 6.47. The van der Waals surface area contributed by atoms with Crippen LogP contribution in [0.2, 0.25) is 0 Å². The summed E-state index contributed by atoms with van der Waals surface area (Å²) in [6.45, 7) is 1.85. The van der Waals surface area contributed by atoms with Crippen LogP contribution in [-0.4, -0.2) is 49.4 Å². The minimum Gasteiger partial charge on any atom is -0.480 e. The van der Waals surface area contributed by atoms with Crippen LogP contribution in [-0.2, 0) is 16.1 Å². The third-order valence-corrected chi connectivity index (χ3v) is 2.45. The van der Waals surface area contributed by atoms with Gasteiger partial charge in [-0.1, -0.05) is 0 Å². The molecule has 0 atom stereocenters. The summed E-state index contributed by atoms with van der Waals surface area (Å²) >= 11 is 0. The number of aromatic nitrogens is 2. The summed E-state index contributed by atoms with van der Waals surface area (Å²) in [6.07, 6.45) is 2.55. The smallest absolute Gasteiger partial charge is 0.381 e. The average molecular weight is 270 g/mol. The first kappa shape index (κ1) is 14.6. The molecule has 1 amide bonds. The normalized spacial score (nSPS) is 10.2. The first-order valence-electron chi connectivity index (χ1n) is 5.59. The van der Waals surface area contributed by atoms with Crippen LogP contribution in [0.15, 0.2) is 12.5 Å². The number of carboxylic acids is 1. The molecule has 0 aromatic carbocycles. The number of carbonyl (C=O) groups excluding carboxylic acids is 1. The van der Waals surface area contributed by atoms with E-state index in [0.717, 1.165) is 0 Å². The van der Waals surface area contributed by atoms with Crippen molar-refractivity contribution in [3.05, 3.63) is 22.6 Å². The quantitative estimate of drug-likeness (QED) is 0.555. The van der Waals surface area contributed by atoms with E-state index in [4.69, 9.17) is 5.11 Å². The molecule has 0 aliphatic heterocycles. The molecule has 1 N–H and O–H groups in total. The third-order valence-electron chi connectivity index (χ3n) is 2.45. The van der Waals surface area contributed by atoms with Gasteiger partial charge in [0.2, 0.25) is 12.2 Å². The molecule has 1 heterocycles. The van der Waals surface area contributed by atoms with Crippen LogP contribution in [0.3, 0.4) is 0 Å². The zero-order chi connectivity index (χ0) is 14.4. The molecule has 0 spiro atoms. The van der Waals surface area contributed by atoms with E-state index in [1.807, 2.05) is 0 Å². The van der Waals surface area contributed by atoms with Crippen molar-refractivity contribution in [1.29, 1.82) is 0 Å². The Morgan fingerprint density at radius 3 is 2.74 bits per heavy atom. The predicted molar refractivity (Wildman–Crippen MR) is 63.4 cm³/mol. The summed E-state index contributed by atoms with van der Waals surface area (Å²) in [5.74, 6) is -1.68. The second-order valence-electron chi connectivity index (χ2n) is 3.78. The summed E-state index contributed by atoms with van der Waals surface area (Å²) in [4.78, 5) is 36.8. The molecule has 0 saturated carbocycles. The maximum Gasteiger partial charge on any atom is 0.381 e. The molecule has 9 heteroatoms. The minimum absolute atomic E-state index is 0.0641. The molecule has 19 heavy (non-hydrogen) atoms.